The molecular weight excluding hydrogens is 553 g/mol. The number of carbonyl (C=O) groups excluding carboxylic acids is 1. The number of rotatable bonds is 12. The van der Waals surface area contributed by atoms with Crippen molar-refractivity contribution in [2.45, 2.75) is 90.2 Å². The van der Waals surface area contributed by atoms with E-state index < -0.39 is 22.0 Å². The Balaban J connectivity index is 0.00000154. The number of sulfonamides is 1. The van der Waals surface area contributed by atoms with Gasteiger partial charge in [0.2, 0.25) is 0 Å². The van der Waals surface area contributed by atoms with Gasteiger partial charge in [-0.05, 0) is 58.6 Å². The van der Waals surface area contributed by atoms with Crippen molar-refractivity contribution in [2.75, 3.05) is 27.1 Å². The van der Waals surface area contributed by atoms with Crippen LogP contribution in [0.5, 0.6) is 5.75 Å². The summed E-state index contributed by atoms with van der Waals surface area (Å²) in [6.07, 6.45) is 2.51. The van der Waals surface area contributed by atoms with E-state index >= 15 is 0 Å². The molecule has 1 aliphatic heterocycles. The van der Waals surface area contributed by atoms with Crippen LogP contribution in [0.25, 0.3) is 0 Å². The van der Waals surface area contributed by atoms with E-state index in [0.717, 1.165) is 34.8 Å². The summed E-state index contributed by atoms with van der Waals surface area (Å²) in [5.41, 5.74) is 8.54. The summed E-state index contributed by atoms with van der Waals surface area (Å²) in [5, 5.41) is 11.6. The number of nitrogens with one attached hydrogen (secondary N) is 2. The molecule has 1 aromatic rings. The number of likely N-dealkylation sites (N-methyl/N-ethyl adjacent to an activating group) is 1. The molecule has 0 radical (unpaired) electrons. The number of hydroxylamine groups is 2. The number of aliphatic carboxylic acids is 1. The molecule has 1 atom stereocenters. The second-order valence-corrected chi connectivity index (χ2v) is 11.9. The molecule has 0 saturated carbocycles. The van der Waals surface area contributed by atoms with Crippen molar-refractivity contribution in [3.05, 3.63) is 22.3 Å². The molecule has 1 amide bonds. The zero-order valence-corrected chi connectivity index (χ0v) is 26.1. The van der Waals surface area contributed by atoms with Gasteiger partial charge in [-0.3, -0.25) is 4.79 Å². The van der Waals surface area contributed by atoms with Crippen LogP contribution in [-0.4, -0.2) is 82.4 Å². The number of carboxylic acid groups (broad SMARTS) is 1. The molecule has 5 N–H and O–H groups in total. The van der Waals surface area contributed by atoms with E-state index in [1.807, 2.05) is 20.8 Å². The molecule has 0 saturated heterocycles. The van der Waals surface area contributed by atoms with Crippen molar-refractivity contribution in [3.8, 4) is 5.75 Å². The third-order valence-electron chi connectivity index (χ3n) is 6.74. The summed E-state index contributed by atoms with van der Waals surface area (Å²) < 4.78 is 45.8. The van der Waals surface area contributed by atoms with Crippen LogP contribution in [0.3, 0.4) is 0 Å². The number of carbonyl (C=O) groups is 2. The fourth-order valence-electron chi connectivity index (χ4n) is 4.28. The second kappa shape index (κ2) is 15.8. The molecule has 1 aromatic carbocycles. The Kier molecular flexibility index (Phi) is 13.9. The van der Waals surface area contributed by atoms with Crippen molar-refractivity contribution in [1.82, 2.24) is 15.1 Å². The number of benzene rings is 1. The number of hydrogen-bond donors (Lipinski definition) is 4. The van der Waals surface area contributed by atoms with Gasteiger partial charge in [-0.25, -0.2) is 0 Å². The standard InChI is InChI=1S/C23H38BN5O6S.C3H6O2/c1-14-15(2)20(16(3)17-10-11-23(4,5)35-19(14)17)36(32,33)28-22(25)26-12-8-9-18(27-13-24-31)21(30)29(6)34-7;1-2-3(4)5/h18,27H,8-13H2,1-7H3,(H3,25,26,28);2H2,1H3,(H,4,5). The number of fused-ring (bicyclic) bond motifs is 1. The number of ether oxygens (including phenoxy) is 1. The van der Waals surface area contributed by atoms with Gasteiger partial charge in [-0.15, -0.1) is 0 Å². The Morgan fingerprint density at radius 2 is 1.85 bits per heavy atom. The minimum absolute atomic E-state index is 0.0145. The summed E-state index contributed by atoms with van der Waals surface area (Å²) in [6, 6.07) is -0.649. The molecule has 0 bridgehead atoms. The number of nitrogens with two attached hydrogens (primary N) is 1. The average molecular weight is 598 g/mol. The molecular formula is C26H44BN5O8S. The van der Waals surface area contributed by atoms with Crippen LogP contribution in [0.4, 0.5) is 0 Å². The number of aliphatic imine (C=N–C) groups is 1. The average Bonchev–Trinajstić information content (AvgIpc) is 2.89. The van der Waals surface area contributed by atoms with Crippen molar-refractivity contribution in [3.63, 3.8) is 0 Å². The van der Waals surface area contributed by atoms with Crippen LogP contribution in [0.15, 0.2) is 9.89 Å². The molecule has 13 nitrogen and oxygen atoms in total. The molecule has 0 aromatic heterocycles. The summed E-state index contributed by atoms with van der Waals surface area (Å²) in [5.74, 6) is -0.560. The van der Waals surface area contributed by atoms with Gasteiger partial charge in [0.15, 0.2) is 0 Å². The van der Waals surface area contributed by atoms with Crippen LogP contribution in [0, 0.1) is 20.8 Å². The van der Waals surface area contributed by atoms with Crippen LogP contribution in [0.1, 0.15) is 68.7 Å². The number of nitrogens with zero attached hydrogens (tertiary/aromatic N) is 2. The zero-order chi connectivity index (χ0) is 31.5. The summed E-state index contributed by atoms with van der Waals surface area (Å²) in [4.78, 5) is 30.9. The van der Waals surface area contributed by atoms with Crippen molar-refractivity contribution in [2.24, 2.45) is 10.7 Å². The van der Waals surface area contributed by atoms with Gasteiger partial charge in [0.25, 0.3) is 0 Å². The monoisotopic (exact) mass is 597 g/mol. The fourth-order valence-corrected chi connectivity index (χ4v) is 5.80. The van der Waals surface area contributed by atoms with Crippen molar-refractivity contribution in [1.29, 1.82) is 0 Å². The van der Waals surface area contributed by atoms with E-state index in [1.54, 1.807) is 20.8 Å². The minimum atomic E-state index is -3.99. The molecule has 41 heavy (non-hydrogen) atoms. The normalized spacial score (nSPS) is 14.9. The molecule has 1 unspecified atom stereocenters. The van der Waals surface area contributed by atoms with Gasteiger partial charge in [0, 0.05) is 6.42 Å². The number of hydrogen-bond acceptors (Lipinski definition) is 9. The fraction of sp³-hybridized carbons (Fsp3) is 0.654. The molecule has 1 heterocycles. The van der Waals surface area contributed by atoms with Gasteiger partial charge < -0.3 is 9.84 Å². The number of guanidine groups is 1. The molecule has 2 rings (SSSR count). The predicted octanol–water partition coefficient (Wildman–Crippen LogP) is 1.55. The first-order chi connectivity index (χ1) is 19.0. The van der Waals surface area contributed by atoms with Crippen LogP contribution < -0.4 is 20.5 Å². The summed E-state index contributed by atoms with van der Waals surface area (Å²) in [7, 11) is -0.482. The van der Waals surface area contributed by atoms with E-state index in [1.165, 1.54) is 14.2 Å². The van der Waals surface area contributed by atoms with E-state index in [9.17, 15) is 22.7 Å². The Morgan fingerprint density at radius 1 is 1.24 bits per heavy atom. The number of carboxylic acids is 1. The summed E-state index contributed by atoms with van der Waals surface area (Å²) in [6.45, 7) is 11.2. The van der Waals surface area contributed by atoms with Gasteiger partial charge in [-0.2, -0.15) is 0 Å². The molecule has 0 aliphatic carbocycles. The second-order valence-electron chi connectivity index (χ2n) is 10.3. The number of amides is 1. The molecule has 0 fully saturated rings. The Labute approximate surface area is 243 Å². The third-order valence-corrected chi connectivity index (χ3v) is 8.37. The molecule has 0 spiro atoms. The van der Waals surface area contributed by atoms with Crippen molar-refractivity contribution < 1.29 is 37.4 Å². The van der Waals surface area contributed by atoms with E-state index in [0.29, 0.717) is 31.1 Å². The van der Waals surface area contributed by atoms with Crippen LogP contribution >= 0.6 is 0 Å². The zero-order valence-electron chi connectivity index (χ0n) is 25.3. The van der Waals surface area contributed by atoms with Gasteiger partial charge in [0.1, 0.15) is 11.4 Å². The maximum atomic E-state index is 13.3. The first-order valence-corrected chi connectivity index (χ1v) is 14.9. The Morgan fingerprint density at radius 3 is 2.39 bits per heavy atom. The first kappa shape index (κ1) is 36.0. The predicted molar refractivity (Wildman–Crippen MR) is 156 cm³/mol. The van der Waals surface area contributed by atoms with E-state index in [4.69, 9.17) is 20.4 Å². The summed E-state index contributed by atoms with van der Waals surface area (Å²) >= 11 is 0. The maximum absolute atomic E-state index is 13.3. The topological polar surface area (TPSA) is 190 Å². The SMILES string of the molecule is CCC(=O)O.CON(C)C(=O)C(CCCN=C(N)NS(=O)(=O)c1c(C)c(C)c2c(c1C)CCC(C)(C)O2)NCB=O. The van der Waals surface area contributed by atoms with Gasteiger partial charge in [0.05, 0.1) is 0 Å². The molecule has 1 aliphatic rings. The molecule has 230 valence electrons. The third kappa shape index (κ3) is 10.4. The van der Waals surface area contributed by atoms with Gasteiger partial charge in [-0.1, -0.05) is 6.92 Å². The van der Waals surface area contributed by atoms with Crippen molar-refractivity contribution >= 4 is 35.0 Å². The molecule has 15 heteroatoms. The Hall–Kier alpha value is -3.04. The van der Waals surface area contributed by atoms with Crippen LogP contribution in [-0.2, 0) is 35.6 Å². The van der Waals surface area contributed by atoms with E-state index in [-0.39, 0.29) is 41.8 Å². The Bertz CT molecular complexity index is 1240. The first-order valence-electron chi connectivity index (χ1n) is 13.4. The van der Waals surface area contributed by atoms with E-state index in [2.05, 4.69) is 15.0 Å². The van der Waals surface area contributed by atoms with Gasteiger partial charge >= 0.3 is 146 Å². The quantitative estimate of drug-likeness (QED) is 0.0904. The van der Waals surface area contributed by atoms with Crippen LogP contribution in [0.2, 0.25) is 0 Å².